The van der Waals surface area contributed by atoms with E-state index < -0.39 is 30.4 Å². The molecular formula is C19H26O5. The molecule has 132 valence electrons. The number of ether oxygens (including phenoxy) is 1. The van der Waals surface area contributed by atoms with Crippen molar-refractivity contribution >= 4 is 5.97 Å². The van der Waals surface area contributed by atoms with Crippen LogP contribution in [-0.4, -0.2) is 45.7 Å². The molecule has 1 aliphatic heterocycles. The average molecular weight is 334 g/mol. The number of carbonyl (C=O) groups is 1. The highest BCUT2D eigenvalue weighted by Gasteiger charge is 2.35. The maximum absolute atomic E-state index is 11.5. The monoisotopic (exact) mass is 334 g/mol. The second-order valence-electron chi connectivity index (χ2n) is 7.33. The van der Waals surface area contributed by atoms with Gasteiger partial charge in [-0.1, -0.05) is 37.6 Å². The van der Waals surface area contributed by atoms with Crippen LogP contribution in [0.25, 0.3) is 0 Å². The van der Waals surface area contributed by atoms with Crippen LogP contribution < -0.4 is 0 Å². The molecule has 0 amide bonds. The quantitative estimate of drug-likeness (QED) is 0.683. The van der Waals surface area contributed by atoms with Crippen molar-refractivity contribution in [3.05, 3.63) is 34.9 Å². The van der Waals surface area contributed by atoms with Gasteiger partial charge in [0.1, 0.15) is 6.10 Å². The summed E-state index contributed by atoms with van der Waals surface area (Å²) in [6.45, 7) is 4.12. The van der Waals surface area contributed by atoms with Crippen LogP contribution in [-0.2, 0) is 9.53 Å². The van der Waals surface area contributed by atoms with Gasteiger partial charge in [0.05, 0.1) is 24.7 Å². The lowest BCUT2D eigenvalue weighted by Crippen LogP contribution is -2.41. The summed E-state index contributed by atoms with van der Waals surface area (Å²) in [5.41, 5.74) is 2.93. The summed E-state index contributed by atoms with van der Waals surface area (Å²) < 4.78 is 5.21. The molecule has 0 aromatic carbocycles. The second-order valence-corrected chi connectivity index (χ2v) is 7.33. The molecule has 3 N–H and O–H groups in total. The minimum atomic E-state index is -0.881. The number of carbonyl (C=O) groups excluding carboxylic acids is 1. The Bertz CT molecular complexity index is 603. The first-order valence-electron chi connectivity index (χ1n) is 8.72. The number of aliphatic hydroxyl groups excluding tert-OH is 3. The highest BCUT2D eigenvalue weighted by atomic mass is 16.6. The first-order chi connectivity index (χ1) is 11.3. The number of allylic oxidation sites excluding steroid dienone is 3. The Labute approximate surface area is 142 Å². The van der Waals surface area contributed by atoms with Crippen molar-refractivity contribution in [1.82, 2.24) is 0 Å². The van der Waals surface area contributed by atoms with E-state index in [9.17, 15) is 20.1 Å². The van der Waals surface area contributed by atoms with Crippen LogP contribution in [0, 0.1) is 11.8 Å². The highest BCUT2D eigenvalue weighted by Crippen LogP contribution is 2.39. The van der Waals surface area contributed by atoms with Crippen LogP contribution in [0.5, 0.6) is 0 Å². The normalized spacial score (nSPS) is 37.6. The molecule has 0 radical (unpaired) electrons. The lowest BCUT2D eigenvalue weighted by atomic mass is 9.75. The molecular weight excluding hydrogens is 308 g/mol. The number of rotatable bonds is 3. The highest BCUT2D eigenvalue weighted by molar-refractivity contribution is 5.71. The summed E-state index contributed by atoms with van der Waals surface area (Å²) in [4.78, 5) is 11.5. The minimum absolute atomic E-state index is 0.0141. The van der Waals surface area contributed by atoms with Gasteiger partial charge in [0.25, 0.3) is 0 Å². The van der Waals surface area contributed by atoms with E-state index >= 15 is 0 Å². The Morgan fingerprint density at radius 2 is 2.04 bits per heavy atom. The van der Waals surface area contributed by atoms with E-state index in [1.54, 1.807) is 0 Å². The van der Waals surface area contributed by atoms with Crippen LogP contribution in [0.4, 0.5) is 0 Å². The fourth-order valence-electron chi connectivity index (χ4n) is 3.98. The van der Waals surface area contributed by atoms with Gasteiger partial charge in [-0.05, 0) is 35.8 Å². The molecule has 24 heavy (non-hydrogen) atoms. The van der Waals surface area contributed by atoms with E-state index in [1.165, 1.54) is 0 Å². The third-order valence-electron chi connectivity index (χ3n) is 5.21. The Hall–Kier alpha value is -1.43. The van der Waals surface area contributed by atoms with Gasteiger partial charge in [0, 0.05) is 6.42 Å². The molecule has 0 aromatic rings. The van der Waals surface area contributed by atoms with Gasteiger partial charge in [-0.15, -0.1) is 0 Å². The van der Waals surface area contributed by atoms with Gasteiger partial charge >= 0.3 is 5.97 Å². The predicted octanol–water partition coefficient (Wildman–Crippen LogP) is 1.63. The van der Waals surface area contributed by atoms with Crippen molar-refractivity contribution < 1.29 is 24.9 Å². The number of esters is 1. The molecule has 1 saturated heterocycles. The van der Waals surface area contributed by atoms with E-state index in [0.29, 0.717) is 18.8 Å². The second kappa shape index (κ2) is 6.82. The van der Waals surface area contributed by atoms with Crippen molar-refractivity contribution in [2.75, 3.05) is 0 Å². The summed E-state index contributed by atoms with van der Waals surface area (Å²) in [6.07, 6.45) is 4.64. The van der Waals surface area contributed by atoms with Gasteiger partial charge in [-0.3, -0.25) is 4.79 Å². The molecule has 1 fully saturated rings. The van der Waals surface area contributed by atoms with Crippen molar-refractivity contribution in [2.45, 2.75) is 63.9 Å². The fourth-order valence-corrected chi connectivity index (χ4v) is 3.98. The number of aliphatic hydroxyl groups is 3. The molecule has 0 aromatic heterocycles. The SMILES string of the molecule is CC1C=C2C=CC(C)C(CC(O)C3CC(O)CC(=O)O3)=C2C(O)C1. The summed E-state index contributed by atoms with van der Waals surface area (Å²) in [5.74, 6) is -0.0457. The zero-order valence-electron chi connectivity index (χ0n) is 14.2. The third-order valence-corrected chi connectivity index (χ3v) is 5.21. The van der Waals surface area contributed by atoms with E-state index in [-0.39, 0.29) is 18.8 Å². The maximum atomic E-state index is 11.5. The maximum Gasteiger partial charge on any atom is 0.308 e. The lowest BCUT2D eigenvalue weighted by Gasteiger charge is -2.35. The van der Waals surface area contributed by atoms with Crippen LogP contribution in [0.15, 0.2) is 34.9 Å². The first kappa shape index (κ1) is 17.4. The molecule has 1 heterocycles. The van der Waals surface area contributed by atoms with Gasteiger partial charge in [0.15, 0.2) is 0 Å². The first-order valence-corrected chi connectivity index (χ1v) is 8.72. The number of cyclic esters (lactones) is 1. The fraction of sp³-hybridized carbons (Fsp3) is 0.632. The zero-order valence-corrected chi connectivity index (χ0v) is 14.2. The summed E-state index contributed by atoms with van der Waals surface area (Å²) in [6, 6.07) is 0. The summed E-state index contributed by atoms with van der Waals surface area (Å²) >= 11 is 0. The van der Waals surface area contributed by atoms with E-state index in [2.05, 4.69) is 19.1 Å². The largest absolute Gasteiger partial charge is 0.459 e. The summed E-state index contributed by atoms with van der Waals surface area (Å²) in [7, 11) is 0. The van der Waals surface area contributed by atoms with Gasteiger partial charge < -0.3 is 20.1 Å². The Kier molecular flexibility index (Phi) is 4.95. The summed E-state index contributed by atoms with van der Waals surface area (Å²) in [5, 5.41) is 30.8. The molecule has 5 heteroatoms. The topological polar surface area (TPSA) is 87.0 Å². The zero-order chi connectivity index (χ0) is 17.4. The Balaban J connectivity index is 1.83. The van der Waals surface area contributed by atoms with Gasteiger partial charge in [-0.2, -0.15) is 0 Å². The number of hydrogen-bond donors (Lipinski definition) is 3. The van der Waals surface area contributed by atoms with Gasteiger partial charge in [-0.25, -0.2) is 0 Å². The Morgan fingerprint density at radius 1 is 1.29 bits per heavy atom. The Morgan fingerprint density at radius 3 is 2.75 bits per heavy atom. The molecule has 6 atom stereocenters. The third kappa shape index (κ3) is 3.48. The van der Waals surface area contributed by atoms with E-state index in [4.69, 9.17) is 4.74 Å². The van der Waals surface area contributed by atoms with Crippen LogP contribution in [0.2, 0.25) is 0 Å². The van der Waals surface area contributed by atoms with Crippen molar-refractivity contribution in [3.8, 4) is 0 Å². The molecule has 3 rings (SSSR count). The van der Waals surface area contributed by atoms with Crippen molar-refractivity contribution in [2.24, 2.45) is 11.8 Å². The van der Waals surface area contributed by atoms with Crippen LogP contribution in [0.3, 0.4) is 0 Å². The predicted molar refractivity (Wildman–Crippen MR) is 88.9 cm³/mol. The minimum Gasteiger partial charge on any atom is -0.459 e. The molecule has 0 saturated carbocycles. The number of fused-ring (bicyclic) bond motifs is 1. The van der Waals surface area contributed by atoms with Crippen LogP contribution in [0.1, 0.15) is 39.5 Å². The molecule has 3 aliphatic rings. The average Bonchev–Trinajstić information content (AvgIpc) is 2.48. The molecule has 0 bridgehead atoms. The van der Waals surface area contributed by atoms with E-state index in [0.717, 1.165) is 16.7 Å². The van der Waals surface area contributed by atoms with Crippen LogP contribution >= 0.6 is 0 Å². The number of hydrogen-bond acceptors (Lipinski definition) is 5. The molecule has 5 nitrogen and oxygen atoms in total. The lowest BCUT2D eigenvalue weighted by molar-refractivity contribution is -0.168. The van der Waals surface area contributed by atoms with E-state index in [1.807, 2.05) is 13.0 Å². The standard InChI is InChI=1S/C19H26O5/c1-10-5-12-4-3-11(2)14(19(12)16(22)6-10)9-15(21)17-7-13(20)8-18(23)24-17/h3-5,10-11,13,15-17,20-22H,6-9H2,1-2H3. The molecule has 0 spiro atoms. The van der Waals surface area contributed by atoms with Crippen molar-refractivity contribution in [1.29, 1.82) is 0 Å². The van der Waals surface area contributed by atoms with Gasteiger partial charge in [0.2, 0.25) is 0 Å². The smallest absolute Gasteiger partial charge is 0.308 e. The van der Waals surface area contributed by atoms with Crippen molar-refractivity contribution in [3.63, 3.8) is 0 Å². The molecule has 6 unspecified atom stereocenters. The molecule has 2 aliphatic carbocycles.